The van der Waals surface area contributed by atoms with Crippen LogP contribution in [0.4, 0.5) is 5.69 Å². The van der Waals surface area contributed by atoms with Crippen molar-refractivity contribution in [2.75, 3.05) is 12.4 Å². The zero-order chi connectivity index (χ0) is 20.1. The minimum Gasteiger partial charge on any atom is -0.465 e. The number of benzene rings is 2. The number of nitrogens with one attached hydrogen (secondary N) is 1. The quantitative estimate of drug-likeness (QED) is 0.406. The standard InChI is InChI=1S/C22H20N2O4/c1-15-5-7-16(8-6-15)14-24-13-3-4-19(24)20(25)21(26)23-18-11-9-17(10-12-18)22(27)28-2/h3-13H,14H2,1-2H3,(H,23,26). The van der Waals surface area contributed by atoms with Crippen LogP contribution in [0, 0.1) is 6.92 Å². The molecule has 142 valence electrons. The maximum absolute atomic E-state index is 12.6. The van der Waals surface area contributed by atoms with E-state index in [4.69, 9.17) is 0 Å². The van der Waals surface area contributed by atoms with Crippen molar-refractivity contribution >= 4 is 23.3 Å². The number of ether oxygens (including phenoxy) is 1. The third kappa shape index (κ3) is 4.35. The highest BCUT2D eigenvalue weighted by Crippen LogP contribution is 2.13. The molecule has 0 atom stereocenters. The van der Waals surface area contributed by atoms with E-state index >= 15 is 0 Å². The molecule has 0 bridgehead atoms. The largest absolute Gasteiger partial charge is 0.465 e. The monoisotopic (exact) mass is 376 g/mol. The predicted octanol–water partition coefficient (Wildman–Crippen LogP) is 3.45. The zero-order valence-electron chi connectivity index (χ0n) is 15.6. The summed E-state index contributed by atoms with van der Waals surface area (Å²) in [6.45, 7) is 2.51. The molecular formula is C22H20N2O4. The van der Waals surface area contributed by atoms with Crippen molar-refractivity contribution in [2.24, 2.45) is 0 Å². The first-order valence-electron chi connectivity index (χ1n) is 8.72. The fourth-order valence-electron chi connectivity index (χ4n) is 2.76. The Bertz CT molecular complexity index is 1000. The summed E-state index contributed by atoms with van der Waals surface area (Å²) in [5.74, 6) is -1.84. The van der Waals surface area contributed by atoms with Crippen molar-refractivity contribution in [3.63, 3.8) is 0 Å². The van der Waals surface area contributed by atoms with E-state index in [1.807, 2.05) is 31.2 Å². The molecule has 1 aromatic heterocycles. The number of esters is 1. The smallest absolute Gasteiger partial charge is 0.337 e. The third-order valence-corrected chi connectivity index (χ3v) is 4.31. The molecule has 0 saturated heterocycles. The van der Waals surface area contributed by atoms with Gasteiger partial charge in [-0.15, -0.1) is 0 Å². The fourth-order valence-corrected chi connectivity index (χ4v) is 2.76. The fraction of sp³-hybridized carbons (Fsp3) is 0.136. The Morgan fingerprint density at radius 1 is 0.964 bits per heavy atom. The number of amides is 1. The van der Waals surface area contributed by atoms with Crippen LogP contribution < -0.4 is 5.32 Å². The number of anilines is 1. The van der Waals surface area contributed by atoms with Gasteiger partial charge in [-0.05, 0) is 48.9 Å². The number of Topliss-reactive ketones (excluding diaryl/α,β-unsaturated/α-hetero) is 1. The Balaban J connectivity index is 1.70. The Kier molecular flexibility index (Phi) is 5.69. The van der Waals surface area contributed by atoms with Crippen molar-refractivity contribution < 1.29 is 19.1 Å². The maximum atomic E-state index is 12.6. The summed E-state index contributed by atoms with van der Waals surface area (Å²) in [5, 5.41) is 2.56. The van der Waals surface area contributed by atoms with E-state index in [0.29, 0.717) is 23.5 Å². The van der Waals surface area contributed by atoms with Crippen LogP contribution in [-0.2, 0) is 16.1 Å². The molecule has 0 aliphatic rings. The van der Waals surface area contributed by atoms with Crippen LogP contribution in [0.3, 0.4) is 0 Å². The number of ketones is 1. The minimum atomic E-state index is -0.741. The van der Waals surface area contributed by atoms with E-state index in [1.54, 1.807) is 35.0 Å². The first kappa shape index (κ1) is 19.1. The number of carbonyl (C=O) groups is 3. The van der Waals surface area contributed by atoms with E-state index in [0.717, 1.165) is 11.1 Å². The van der Waals surface area contributed by atoms with Crippen LogP contribution in [-0.4, -0.2) is 29.3 Å². The molecular weight excluding hydrogens is 356 g/mol. The molecule has 28 heavy (non-hydrogen) atoms. The van der Waals surface area contributed by atoms with Gasteiger partial charge in [-0.1, -0.05) is 29.8 Å². The van der Waals surface area contributed by atoms with Gasteiger partial charge < -0.3 is 14.6 Å². The normalized spacial score (nSPS) is 10.4. The molecule has 1 amide bonds. The first-order chi connectivity index (χ1) is 13.5. The minimum absolute atomic E-state index is 0.309. The summed E-state index contributed by atoms with van der Waals surface area (Å²) in [6.07, 6.45) is 1.77. The lowest BCUT2D eigenvalue weighted by Gasteiger charge is -2.10. The summed E-state index contributed by atoms with van der Waals surface area (Å²) < 4.78 is 6.37. The van der Waals surface area contributed by atoms with Gasteiger partial charge in [0.2, 0.25) is 0 Å². The maximum Gasteiger partial charge on any atom is 0.337 e. The molecule has 2 aromatic carbocycles. The van der Waals surface area contributed by atoms with Crippen LogP contribution in [0.25, 0.3) is 0 Å². The van der Waals surface area contributed by atoms with Crippen molar-refractivity contribution in [2.45, 2.75) is 13.5 Å². The second-order valence-electron chi connectivity index (χ2n) is 6.36. The second-order valence-corrected chi connectivity index (χ2v) is 6.36. The van der Waals surface area contributed by atoms with E-state index in [-0.39, 0.29) is 0 Å². The molecule has 0 unspecified atom stereocenters. The van der Waals surface area contributed by atoms with Gasteiger partial charge in [0.05, 0.1) is 18.4 Å². The summed E-state index contributed by atoms with van der Waals surface area (Å²) in [4.78, 5) is 36.4. The van der Waals surface area contributed by atoms with Crippen molar-refractivity contribution in [3.05, 3.63) is 89.2 Å². The van der Waals surface area contributed by atoms with E-state index in [1.165, 1.54) is 19.2 Å². The SMILES string of the molecule is COC(=O)c1ccc(NC(=O)C(=O)c2cccn2Cc2ccc(C)cc2)cc1. The van der Waals surface area contributed by atoms with Gasteiger partial charge in [0, 0.05) is 18.4 Å². The molecule has 0 aliphatic carbocycles. The highest BCUT2D eigenvalue weighted by Gasteiger charge is 2.20. The van der Waals surface area contributed by atoms with Gasteiger partial charge in [0.1, 0.15) is 0 Å². The van der Waals surface area contributed by atoms with Gasteiger partial charge in [-0.25, -0.2) is 4.79 Å². The lowest BCUT2D eigenvalue weighted by molar-refractivity contribution is -0.112. The Morgan fingerprint density at radius 3 is 2.29 bits per heavy atom. The Labute approximate surface area is 162 Å². The molecule has 6 heteroatoms. The van der Waals surface area contributed by atoms with Gasteiger partial charge >= 0.3 is 5.97 Å². The molecule has 0 aliphatic heterocycles. The number of hydrogen-bond acceptors (Lipinski definition) is 4. The molecule has 3 rings (SSSR count). The lowest BCUT2D eigenvalue weighted by atomic mass is 10.1. The van der Waals surface area contributed by atoms with Crippen LogP contribution in [0.2, 0.25) is 0 Å². The van der Waals surface area contributed by atoms with Crippen LogP contribution >= 0.6 is 0 Å². The number of aromatic nitrogens is 1. The van der Waals surface area contributed by atoms with Crippen LogP contribution in [0.15, 0.2) is 66.9 Å². The van der Waals surface area contributed by atoms with Crippen molar-refractivity contribution in [1.82, 2.24) is 4.57 Å². The van der Waals surface area contributed by atoms with E-state index in [2.05, 4.69) is 10.1 Å². The second kappa shape index (κ2) is 8.35. The van der Waals surface area contributed by atoms with E-state index < -0.39 is 17.7 Å². The molecule has 0 spiro atoms. The Hall–Kier alpha value is -3.67. The van der Waals surface area contributed by atoms with Crippen LogP contribution in [0.1, 0.15) is 32.0 Å². The average Bonchev–Trinajstić information content (AvgIpc) is 3.17. The van der Waals surface area contributed by atoms with Crippen LogP contribution in [0.5, 0.6) is 0 Å². The summed E-state index contributed by atoms with van der Waals surface area (Å²) in [7, 11) is 1.29. The molecule has 0 radical (unpaired) electrons. The molecule has 3 aromatic rings. The number of nitrogens with zero attached hydrogens (tertiary/aromatic N) is 1. The number of hydrogen-bond donors (Lipinski definition) is 1. The highest BCUT2D eigenvalue weighted by molar-refractivity contribution is 6.46. The van der Waals surface area contributed by atoms with Gasteiger partial charge in [-0.3, -0.25) is 9.59 Å². The van der Waals surface area contributed by atoms with Gasteiger partial charge in [0.25, 0.3) is 11.7 Å². The lowest BCUT2D eigenvalue weighted by Crippen LogP contribution is -2.25. The molecule has 0 saturated carbocycles. The Morgan fingerprint density at radius 2 is 1.64 bits per heavy atom. The number of aryl methyl sites for hydroxylation is 1. The van der Waals surface area contributed by atoms with E-state index in [9.17, 15) is 14.4 Å². The first-order valence-corrected chi connectivity index (χ1v) is 8.72. The number of rotatable bonds is 6. The summed E-state index contributed by atoms with van der Waals surface area (Å²) in [5.41, 5.74) is 3.28. The van der Waals surface area contributed by atoms with Gasteiger partial charge in [0.15, 0.2) is 0 Å². The summed E-state index contributed by atoms with van der Waals surface area (Å²) >= 11 is 0. The predicted molar refractivity (Wildman–Crippen MR) is 105 cm³/mol. The molecule has 0 fully saturated rings. The number of methoxy groups -OCH3 is 1. The number of carbonyl (C=O) groups excluding carboxylic acids is 3. The van der Waals surface area contributed by atoms with Crippen molar-refractivity contribution in [3.8, 4) is 0 Å². The summed E-state index contributed by atoms with van der Waals surface area (Å²) in [6, 6.07) is 17.5. The zero-order valence-corrected chi connectivity index (χ0v) is 15.6. The topological polar surface area (TPSA) is 77.4 Å². The molecule has 6 nitrogen and oxygen atoms in total. The van der Waals surface area contributed by atoms with Gasteiger partial charge in [-0.2, -0.15) is 0 Å². The average molecular weight is 376 g/mol. The van der Waals surface area contributed by atoms with Crippen molar-refractivity contribution in [1.29, 1.82) is 0 Å². The highest BCUT2D eigenvalue weighted by atomic mass is 16.5. The molecule has 1 N–H and O–H groups in total. The third-order valence-electron chi connectivity index (χ3n) is 4.31. The molecule has 1 heterocycles.